The Bertz CT molecular complexity index is 403. The topological polar surface area (TPSA) is 40.9 Å². The van der Waals surface area contributed by atoms with Crippen molar-refractivity contribution in [3.8, 4) is 0 Å². The van der Waals surface area contributed by atoms with Crippen LogP contribution in [0.3, 0.4) is 0 Å². The summed E-state index contributed by atoms with van der Waals surface area (Å²) in [7, 11) is 0. The van der Waals surface area contributed by atoms with Gasteiger partial charge in [0.1, 0.15) is 0 Å². The van der Waals surface area contributed by atoms with Gasteiger partial charge >= 0.3 is 0 Å². The first-order chi connectivity index (χ1) is 6.16. The van der Waals surface area contributed by atoms with Gasteiger partial charge in [-0.05, 0) is 17.3 Å². The van der Waals surface area contributed by atoms with Crippen LogP contribution in [0.1, 0.15) is 5.56 Å². The Balaban J connectivity index is 2.48. The van der Waals surface area contributed by atoms with Gasteiger partial charge in [-0.1, -0.05) is 18.2 Å². The van der Waals surface area contributed by atoms with E-state index in [0.29, 0.717) is 6.42 Å². The maximum atomic E-state index is 11.2. The van der Waals surface area contributed by atoms with Crippen molar-refractivity contribution >= 4 is 43.3 Å². The van der Waals surface area contributed by atoms with Crippen molar-refractivity contribution in [2.75, 3.05) is 0 Å². The molecule has 0 saturated heterocycles. The number of hydrogen-bond donors (Lipinski definition) is 1. The molecule has 13 heavy (non-hydrogen) atoms. The van der Waals surface area contributed by atoms with Gasteiger partial charge in [0, 0.05) is 11.3 Å². The molecule has 1 N–H and O–H groups in total. The molecule has 1 aromatic carbocycles. The van der Waals surface area contributed by atoms with Gasteiger partial charge < -0.3 is 5.41 Å². The molecule has 2 radical (unpaired) electrons. The van der Waals surface area contributed by atoms with Gasteiger partial charge in [0.05, 0.1) is 5.71 Å². The zero-order valence-electron chi connectivity index (χ0n) is 6.83. The van der Waals surface area contributed by atoms with E-state index in [1.807, 2.05) is 18.2 Å². The summed E-state index contributed by atoms with van der Waals surface area (Å²) in [5, 5.41) is 7.28. The van der Waals surface area contributed by atoms with Crippen molar-refractivity contribution in [1.82, 2.24) is 0 Å². The van der Waals surface area contributed by atoms with Crippen LogP contribution in [0.15, 0.2) is 23.1 Å². The molecular weight excluding hydrogens is 197 g/mol. The van der Waals surface area contributed by atoms with Crippen LogP contribution in [0.25, 0.3) is 0 Å². The molecule has 62 valence electrons. The molecule has 2 rings (SSSR count). The summed E-state index contributed by atoms with van der Waals surface area (Å²) in [6.45, 7) is 0. The molecule has 0 atom stereocenters. The van der Waals surface area contributed by atoms with Crippen LogP contribution < -0.4 is 4.43 Å². The first-order valence-corrected chi connectivity index (χ1v) is 5.24. The molecule has 2 nitrogen and oxygen atoms in total. The molecule has 0 bridgehead atoms. The lowest BCUT2D eigenvalue weighted by Gasteiger charge is -2.15. The molecule has 1 heterocycles. The Morgan fingerprint density at radius 3 is 3.00 bits per heavy atom. The van der Waals surface area contributed by atoms with Gasteiger partial charge in [-0.15, -0.1) is 4.43 Å². The van der Waals surface area contributed by atoms with Crippen LogP contribution in [-0.2, 0) is 11.2 Å². The Morgan fingerprint density at radius 1 is 1.46 bits per heavy atom. The zero-order valence-corrected chi connectivity index (χ0v) is 8.80. The third-order valence-electron chi connectivity index (χ3n) is 1.91. The molecule has 4 heteroatoms. The van der Waals surface area contributed by atoms with E-state index in [9.17, 15) is 4.79 Å². The summed E-state index contributed by atoms with van der Waals surface area (Å²) in [5.41, 5.74) is 1.29. The summed E-state index contributed by atoms with van der Waals surface area (Å²) >= 11 is 3.76. The summed E-state index contributed by atoms with van der Waals surface area (Å²) in [6, 6.07) is 5.92. The largest absolute Gasteiger partial charge is 0.300 e. The second-order valence-corrected chi connectivity index (χ2v) is 4.59. The Morgan fingerprint density at radius 2 is 2.23 bits per heavy atom. The SMILES string of the molecule is N=C1Cc2cc[c]([Al])cc2SC1=O. The van der Waals surface area contributed by atoms with Crippen molar-refractivity contribution < 1.29 is 4.79 Å². The zero-order chi connectivity index (χ0) is 9.42. The molecule has 0 spiro atoms. The number of carbonyl (C=O) groups is 1. The lowest BCUT2D eigenvalue weighted by atomic mass is 10.1. The van der Waals surface area contributed by atoms with Crippen LogP contribution in [0.5, 0.6) is 0 Å². The fourth-order valence-corrected chi connectivity index (χ4v) is 2.48. The minimum atomic E-state index is -0.122. The molecule has 1 aliphatic heterocycles. The number of nitrogens with one attached hydrogen (secondary N) is 1. The lowest BCUT2D eigenvalue weighted by Crippen LogP contribution is -2.19. The first kappa shape index (κ1) is 9.02. The highest BCUT2D eigenvalue weighted by Gasteiger charge is 2.20. The molecule has 0 aromatic heterocycles. The molecular formula is C9H6AlNOS. The molecule has 0 saturated carbocycles. The summed E-state index contributed by atoms with van der Waals surface area (Å²) < 4.78 is 1.08. The van der Waals surface area contributed by atoms with E-state index in [4.69, 9.17) is 5.41 Å². The van der Waals surface area contributed by atoms with E-state index in [1.165, 1.54) is 0 Å². The quantitative estimate of drug-likeness (QED) is 0.630. The van der Waals surface area contributed by atoms with Gasteiger partial charge in [0.2, 0.25) is 5.12 Å². The van der Waals surface area contributed by atoms with E-state index in [-0.39, 0.29) is 10.8 Å². The smallest absolute Gasteiger partial charge is 0.237 e. The van der Waals surface area contributed by atoms with Gasteiger partial charge in [-0.2, -0.15) is 0 Å². The van der Waals surface area contributed by atoms with Crippen LogP contribution in [0.2, 0.25) is 0 Å². The van der Waals surface area contributed by atoms with E-state index in [1.54, 1.807) is 0 Å². The van der Waals surface area contributed by atoms with Crippen molar-refractivity contribution in [1.29, 1.82) is 5.41 Å². The third-order valence-corrected chi connectivity index (χ3v) is 3.30. The predicted octanol–water partition coefficient (Wildman–Crippen LogP) is 0.675. The fraction of sp³-hybridized carbons (Fsp3) is 0.111. The highest BCUT2D eigenvalue weighted by atomic mass is 32.2. The lowest BCUT2D eigenvalue weighted by molar-refractivity contribution is -0.105. The monoisotopic (exact) mass is 203 g/mol. The van der Waals surface area contributed by atoms with Crippen LogP contribution in [0.4, 0.5) is 0 Å². The molecule has 0 amide bonds. The number of hydrogen-bond acceptors (Lipinski definition) is 3. The molecule has 0 aliphatic carbocycles. The minimum Gasteiger partial charge on any atom is -0.300 e. The number of rotatable bonds is 0. The predicted molar refractivity (Wildman–Crippen MR) is 54.1 cm³/mol. The summed E-state index contributed by atoms with van der Waals surface area (Å²) in [5.74, 6) is 0. The Labute approximate surface area is 88.7 Å². The van der Waals surface area contributed by atoms with Crippen molar-refractivity contribution in [2.45, 2.75) is 11.3 Å². The van der Waals surface area contributed by atoms with E-state index < -0.39 is 0 Å². The average molecular weight is 203 g/mol. The Kier molecular flexibility index (Phi) is 2.29. The number of thioether (sulfide) groups is 1. The van der Waals surface area contributed by atoms with Crippen LogP contribution in [0, 0.1) is 5.41 Å². The van der Waals surface area contributed by atoms with Gasteiger partial charge in [0.25, 0.3) is 0 Å². The standard InChI is InChI=1S/C9H6NOS.Al/c10-7-5-6-3-1-2-4-8(6)12-9(7)11;/h1,3-4,10H,5H2;. The number of benzene rings is 1. The highest BCUT2D eigenvalue weighted by molar-refractivity contribution is 8.15. The van der Waals surface area contributed by atoms with Crippen molar-refractivity contribution in [2.24, 2.45) is 0 Å². The van der Waals surface area contributed by atoms with E-state index in [2.05, 4.69) is 16.3 Å². The summed E-state index contributed by atoms with van der Waals surface area (Å²) in [6.07, 6.45) is 0.478. The molecule has 0 unspecified atom stereocenters. The third kappa shape index (κ3) is 1.71. The highest BCUT2D eigenvalue weighted by Crippen LogP contribution is 2.28. The minimum absolute atomic E-state index is 0.122. The van der Waals surface area contributed by atoms with Gasteiger partial charge in [-0.3, -0.25) is 4.79 Å². The number of fused-ring (bicyclic) bond motifs is 1. The first-order valence-electron chi connectivity index (χ1n) is 3.85. The second-order valence-electron chi connectivity index (χ2n) is 2.91. The van der Waals surface area contributed by atoms with Crippen molar-refractivity contribution in [3.05, 3.63) is 23.8 Å². The van der Waals surface area contributed by atoms with Gasteiger partial charge in [0.15, 0.2) is 16.3 Å². The second kappa shape index (κ2) is 3.30. The van der Waals surface area contributed by atoms with Crippen molar-refractivity contribution in [3.63, 3.8) is 0 Å². The fourth-order valence-electron chi connectivity index (χ4n) is 1.24. The normalized spacial score (nSPS) is 15.7. The Hall–Kier alpha value is -0.558. The van der Waals surface area contributed by atoms with E-state index >= 15 is 0 Å². The van der Waals surface area contributed by atoms with E-state index in [0.717, 1.165) is 26.6 Å². The maximum absolute atomic E-state index is 11.2. The molecule has 1 aliphatic rings. The number of carbonyl (C=O) groups excluding carboxylic acids is 1. The molecule has 1 aromatic rings. The maximum Gasteiger partial charge on any atom is 0.237 e. The van der Waals surface area contributed by atoms with Crippen LogP contribution >= 0.6 is 11.8 Å². The average Bonchev–Trinajstić information content (AvgIpc) is 2.08. The van der Waals surface area contributed by atoms with Crippen LogP contribution in [-0.4, -0.2) is 27.1 Å². The summed E-state index contributed by atoms with van der Waals surface area (Å²) in [4.78, 5) is 12.2. The van der Waals surface area contributed by atoms with Gasteiger partial charge in [-0.25, -0.2) is 0 Å². The molecule has 0 fully saturated rings.